The number of halogens is 1. The molecule has 2 atom stereocenters. The lowest BCUT2D eigenvalue weighted by Gasteiger charge is -2.50. The Labute approximate surface area is 193 Å². The van der Waals surface area contributed by atoms with E-state index in [1.54, 1.807) is 11.9 Å². The van der Waals surface area contributed by atoms with Crippen molar-refractivity contribution in [2.24, 2.45) is 5.16 Å². The van der Waals surface area contributed by atoms with E-state index in [1.165, 1.54) is 23.1 Å². The molecule has 0 bridgehead atoms. The summed E-state index contributed by atoms with van der Waals surface area (Å²) in [6, 6.07) is -0.906. The van der Waals surface area contributed by atoms with E-state index in [2.05, 4.69) is 31.0 Å². The van der Waals surface area contributed by atoms with Crippen molar-refractivity contribution >= 4 is 73.8 Å². The summed E-state index contributed by atoms with van der Waals surface area (Å²) >= 11 is 9.89. The predicted molar refractivity (Wildman–Crippen MR) is 120 cm³/mol. The molecule has 0 aromatic carbocycles. The summed E-state index contributed by atoms with van der Waals surface area (Å²) in [7, 11) is 1.78. The van der Waals surface area contributed by atoms with Gasteiger partial charge in [0.25, 0.3) is 11.8 Å². The second kappa shape index (κ2) is 8.61. The summed E-state index contributed by atoms with van der Waals surface area (Å²) in [5.74, 6) is -0.981. The molecule has 0 radical (unpaired) electrons. The first-order valence-corrected chi connectivity index (χ1v) is 11.8. The van der Waals surface area contributed by atoms with Gasteiger partial charge in [-0.05, 0) is 19.8 Å². The Morgan fingerprint density at radius 3 is 2.81 bits per heavy atom. The number of thiazole rings is 1. The number of thioether (sulfide) groups is 1. The molecule has 4 heterocycles. The van der Waals surface area contributed by atoms with Crippen LogP contribution in [0.4, 0.5) is 10.3 Å². The molecule has 2 unspecified atom stereocenters. The lowest BCUT2D eigenvalue weighted by molar-refractivity contribution is -0.150. The standard InChI is InChI=1S/C16H17ClN8O3S3/c1-5-7(29-16-23-22-15(19-2)31-16)4-3-6-8(13(27)25(5)6)20-12(26)10(24-28)9-11(17)30-14(18)21-9/h6,8,28H,3-4H2,1-2H3,(H2,18,21)(H,19,22)(H,20,26)/b24-10-. The predicted octanol–water partition coefficient (Wildman–Crippen LogP) is 1.96. The van der Waals surface area contributed by atoms with E-state index in [0.717, 1.165) is 37.8 Å². The lowest BCUT2D eigenvalue weighted by Crippen LogP contribution is -2.71. The van der Waals surface area contributed by atoms with Crippen LogP contribution in [-0.2, 0) is 9.59 Å². The van der Waals surface area contributed by atoms with Crippen LogP contribution >= 0.6 is 46.0 Å². The van der Waals surface area contributed by atoms with Gasteiger partial charge in [-0.3, -0.25) is 9.59 Å². The minimum absolute atomic E-state index is 0.0239. The molecule has 0 aliphatic carbocycles. The molecule has 0 saturated carbocycles. The van der Waals surface area contributed by atoms with Crippen molar-refractivity contribution in [1.82, 2.24) is 25.4 Å². The Morgan fingerprint density at radius 1 is 1.42 bits per heavy atom. The van der Waals surface area contributed by atoms with Gasteiger partial charge < -0.3 is 26.5 Å². The van der Waals surface area contributed by atoms with Gasteiger partial charge in [0.05, 0.1) is 6.04 Å². The number of aromatic nitrogens is 3. The van der Waals surface area contributed by atoms with Gasteiger partial charge in [-0.15, -0.1) is 10.2 Å². The second-order valence-electron chi connectivity index (χ2n) is 6.62. The Morgan fingerprint density at radius 2 is 2.19 bits per heavy atom. The number of hydrogen-bond acceptors (Lipinski definition) is 12. The summed E-state index contributed by atoms with van der Waals surface area (Å²) in [5, 5.41) is 26.9. The normalized spacial score (nSPS) is 21.1. The maximum Gasteiger partial charge on any atom is 0.276 e. The molecule has 2 aliphatic heterocycles. The Balaban J connectivity index is 1.45. The third-order valence-corrected chi connectivity index (χ3v) is 8.23. The van der Waals surface area contributed by atoms with Crippen LogP contribution in [0.5, 0.6) is 0 Å². The Bertz CT molecular complexity index is 1110. The molecule has 5 N–H and O–H groups in total. The van der Waals surface area contributed by atoms with Crippen molar-refractivity contribution in [2.45, 2.75) is 36.2 Å². The third-order valence-electron chi connectivity index (χ3n) is 4.91. The zero-order chi connectivity index (χ0) is 22.3. The quantitative estimate of drug-likeness (QED) is 0.201. The second-order valence-corrected chi connectivity index (χ2v) is 10.6. The monoisotopic (exact) mass is 500 g/mol. The highest BCUT2D eigenvalue weighted by atomic mass is 35.5. The van der Waals surface area contributed by atoms with Crippen LogP contribution in [0.3, 0.4) is 0 Å². The minimum atomic E-state index is -0.747. The topological polar surface area (TPSA) is 159 Å². The molecule has 4 rings (SSSR count). The largest absolute Gasteiger partial charge is 0.410 e. The molecule has 11 nitrogen and oxygen atoms in total. The molecule has 164 valence electrons. The number of nitrogen functional groups attached to an aromatic ring is 1. The Kier molecular flexibility index (Phi) is 6.05. The number of rotatable bonds is 6. The number of carbonyl (C=O) groups is 2. The average Bonchev–Trinajstić information content (AvgIpc) is 3.33. The first-order chi connectivity index (χ1) is 14.8. The van der Waals surface area contributed by atoms with Gasteiger partial charge in [-0.2, -0.15) is 0 Å². The van der Waals surface area contributed by atoms with Gasteiger partial charge in [-0.25, -0.2) is 4.98 Å². The number of anilines is 2. The maximum atomic E-state index is 12.8. The summed E-state index contributed by atoms with van der Waals surface area (Å²) in [6.45, 7) is 1.88. The van der Waals surface area contributed by atoms with Crippen molar-refractivity contribution in [3.05, 3.63) is 20.6 Å². The van der Waals surface area contributed by atoms with Gasteiger partial charge in [0.2, 0.25) is 5.13 Å². The highest BCUT2D eigenvalue weighted by molar-refractivity contribution is 8.04. The molecule has 15 heteroatoms. The third kappa shape index (κ3) is 3.95. The van der Waals surface area contributed by atoms with Gasteiger partial charge in [0.15, 0.2) is 15.2 Å². The molecule has 1 fully saturated rings. The highest BCUT2D eigenvalue weighted by Gasteiger charge is 2.51. The van der Waals surface area contributed by atoms with Gasteiger partial charge in [0.1, 0.15) is 16.1 Å². The SMILES string of the molecule is CNc1nnc(SC2=C(C)N3C(=O)C(NC(=O)/C(=N\O)c4nc(N)sc4Cl)C3CC2)s1. The maximum absolute atomic E-state index is 12.8. The number of oxime groups is 1. The smallest absolute Gasteiger partial charge is 0.276 e. The number of nitrogens with one attached hydrogen (secondary N) is 2. The molecular formula is C16H17ClN8O3S3. The number of allylic oxidation sites excluding steroid dienone is 2. The van der Waals surface area contributed by atoms with E-state index in [4.69, 9.17) is 17.3 Å². The molecule has 1 saturated heterocycles. The zero-order valence-electron chi connectivity index (χ0n) is 16.2. The fourth-order valence-corrected chi connectivity index (χ4v) is 6.28. The first kappa shape index (κ1) is 21.8. The number of hydrogen-bond donors (Lipinski definition) is 4. The summed E-state index contributed by atoms with van der Waals surface area (Å²) in [6.07, 6.45) is 1.41. The molecule has 31 heavy (non-hydrogen) atoms. The fraction of sp³-hybridized carbons (Fsp3) is 0.375. The fourth-order valence-electron chi connectivity index (χ4n) is 3.46. The van der Waals surface area contributed by atoms with Gasteiger partial charge >= 0.3 is 0 Å². The molecular weight excluding hydrogens is 484 g/mol. The van der Waals surface area contributed by atoms with Crippen molar-refractivity contribution < 1.29 is 14.8 Å². The number of nitrogens with zero attached hydrogens (tertiary/aromatic N) is 5. The average molecular weight is 501 g/mol. The highest BCUT2D eigenvalue weighted by Crippen LogP contribution is 2.43. The van der Waals surface area contributed by atoms with E-state index in [9.17, 15) is 14.8 Å². The van der Waals surface area contributed by atoms with Crippen LogP contribution in [0.2, 0.25) is 4.34 Å². The van der Waals surface area contributed by atoms with E-state index in [-0.39, 0.29) is 32.8 Å². The number of nitrogens with two attached hydrogens (primary N) is 1. The number of carbonyl (C=O) groups excluding carboxylic acids is 2. The minimum Gasteiger partial charge on any atom is -0.410 e. The molecule has 2 aromatic rings. The van der Waals surface area contributed by atoms with Gasteiger partial charge in [0, 0.05) is 17.6 Å². The molecule has 2 aromatic heterocycles. The van der Waals surface area contributed by atoms with E-state index >= 15 is 0 Å². The van der Waals surface area contributed by atoms with Crippen molar-refractivity contribution in [1.29, 1.82) is 0 Å². The van der Waals surface area contributed by atoms with E-state index in [1.807, 2.05) is 6.92 Å². The van der Waals surface area contributed by atoms with Crippen LogP contribution < -0.4 is 16.4 Å². The van der Waals surface area contributed by atoms with E-state index < -0.39 is 11.9 Å². The number of amides is 2. The number of fused-ring (bicyclic) bond motifs is 1. The van der Waals surface area contributed by atoms with Crippen molar-refractivity contribution in [3.63, 3.8) is 0 Å². The van der Waals surface area contributed by atoms with Crippen LogP contribution in [0.15, 0.2) is 20.1 Å². The van der Waals surface area contributed by atoms with Crippen LogP contribution in [-0.4, -0.2) is 61.9 Å². The summed E-state index contributed by atoms with van der Waals surface area (Å²) in [5.41, 5.74) is 6.01. The van der Waals surface area contributed by atoms with Crippen LogP contribution in [0, 0.1) is 0 Å². The Hall–Kier alpha value is -2.42. The summed E-state index contributed by atoms with van der Waals surface area (Å²) in [4.78, 5) is 32.0. The molecule has 2 amide bonds. The van der Waals surface area contributed by atoms with Crippen LogP contribution in [0.25, 0.3) is 0 Å². The lowest BCUT2D eigenvalue weighted by atomic mass is 9.86. The van der Waals surface area contributed by atoms with Gasteiger partial charge in [-0.1, -0.05) is 51.2 Å². The van der Waals surface area contributed by atoms with Crippen LogP contribution in [0.1, 0.15) is 25.5 Å². The van der Waals surface area contributed by atoms with Crippen molar-refractivity contribution in [2.75, 3.05) is 18.1 Å². The summed E-state index contributed by atoms with van der Waals surface area (Å²) < 4.78 is 0.913. The number of β-lactam (4-membered cyclic amide) rings is 1. The zero-order valence-corrected chi connectivity index (χ0v) is 19.5. The molecule has 2 aliphatic rings. The molecule has 0 spiro atoms. The van der Waals surface area contributed by atoms with Crippen molar-refractivity contribution in [3.8, 4) is 0 Å². The first-order valence-electron chi connectivity index (χ1n) is 9.01. The van der Waals surface area contributed by atoms with E-state index in [0.29, 0.717) is 6.42 Å².